The van der Waals surface area contributed by atoms with Gasteiger partial charge in [-0.15, -0.1) is 0 Å². The van der Waals surface area contributed by atoms with E-state index in [0.717, 1.165) is 0 Å². The summed E-state index contributed by atoms with van der Waals surface area (Å²) < 4.78 is 3.76. The molecule has 0 amide bonds. The summed E-state index contributed by atoms with van der Waals surface area (Å²) in [7, 11) is 1.90. The summed E-state index contributed by atoms with van der Waals surface area (Å²) in [5.74, 6) is 0. The van der Waals surface area contributed by atoms with E-state index in [-0.39, 0.29) is 0 Å². The fraction of sp³-hybridized carbons (Fsp3) is 1.00. The summed E-state index contributed by atoms with van der Waals surface area (Å²) in [6.45, 7) is 1.77. The molecule has 0 fully saturated rings. The van der Waals surface area contributed by atoms with Gasteiger partial charge in [-0.25, -0.2) is 0 Å². The molecule has 0 spiro atoms. The third kappa shape index (κ3) is 4.28. The molecule has 0 unspecified atom stereocenters. The molecule has 0 atom stereocenters. The molecule has 5 heavy (non-hydrogen) atoms. The molecular formula is CH5B2NS. The Balaban J connectivity index is 2.62. The van der Waals surface area contributed by atoms with Crippen LogP contribution in [0.3, 0.4) is 0 Å². The van der Waals surface area contributed by atoms with Crippen LogP contribution < -0.4 is 0 Å². The number of hydrogen-bond acceptors (Lipinski definition) is 2. The van der Waals surface area contributed by atoms with Crippen molar-refractivity contribution in [2.75, 3.05) is 6.26 Å². The number of hydrogen-bond donors (Lipinski definition) is 0. The monoisotopic (exact) mass is 85.0 g/mol. The molecule has 0 aromatic heterocycles. The Morgan fingerprint density at radius 3 is 2.60 bits per heavy atom. The van der Waals surface area contributed by atoms with Gasteiger partial charge in [0.15, 0.2) is 0 Å². The van der Waals surface area contributed by atoms with Crippen LogP contribution >= 0.6 is 11.9 Å². The first-order valence-electron chi connectivity index (χ1n) is 1.43. The van der Waals surface area contributed by atoms with Crippen molar-refractivity contribution in [2.45, 2.75) is 0 Å². The molecular weight excluding hydrogens is 79.7 g/mol. The second kappa shape index (κ2) is 4.28. The van der Waals surface area contributed by atoms with Gasteiger partial charge in [0.1, 0.15) is 0 Å². The van der Waals surface area contributed by atoms with Gasteiger partial charge in [0.25, 0.3) is 0 Å². The van der Waals surface area contributed by atoms with Crippen LogP contribution in [0.4, 0.5) is 0 Å². The van der Waals surface area contributed by atoms with Gasteiger partial charge >= 0.3 is 37.2 Å². The predicted molar refractivity (Wildman–Crippen MR) is 30.2 cm³/mol. The second-order valence-electron chi connectivity index (χ2n) is 0.546. The van der Waals surface area contributed by atoms with Gasteiger partial charge in [0.05, 0.1) is 0 Å². The van der Waals surface area contributed by atoms with Gasteiger partial charge in [0, 0.05) is 0 Å². The molecule has 0 bridgehead atoms. The maximum absolute atomic E-state index is 3.76. The molecule has 26 valence electrons. The van der Waals surface area contributed by atoms with Gasteiger partial charge in [-0.1, -0.05) is 0 Å². The Labute approximate surface area is 38.0 Å². The zero-order valence-electron chi connectivity index (χ0n) is 3.43. The molecule has 0 aromatic rings. The first kappa shape index (κ1) is 5.28. The zero-order chi connectivity index (χ0) is 4.12. The Kier molecular flexibility index (Phi) is 4.52. The summed E-state index contributed by atoms with van der Waals surface area (Å²) in [4.78, 5) is 0. The quantitative estimate of drug-likeness (QED) is 0.314. The Hall–Kier alpha value is 0.280. The molecule has 0 aliphatic carbocycles. The van der Waals surface area contributed by atoms with E-state index in [1.165, 1.54) is 11.9 Å². The van der Waals surface area contributed by atoms with Crippen molar-refractivity contribution in [3.8, 4) is 0 Å². The van der Waals surface area contributed by atoms with E-state index >= 15 is 0 Å². The minimum absolute atomic E-state index is 1.47. The summed E-state index contributed by atoms with van der Waals surface area (Å²) in [6, 6.07) is 0. The molecule has 4 heteroatoms. The third-order valence-electron chi connectivity index (χ3n) is 0.211. The van der Waals surface area contributed by atoms with Crippen molar-refractivity contribution >= 4 is 26.6 Å². The second-order valence-corrected chi connectivity index (χ2v) is 1.12. The summed E-state index contributed by atoms with van der Waals surface area (Å²) >= 11 is 1.47. The molecule has 0 rings (SSSR count). The van der Waals surface area contributed by atoms with Crippen LogP contribution in [0.2, 0.25) is 0 Å². The summed E-state index contributed by atoms with van der Waals surface area (Å²) in [5.41, 5.74) is 0. The zero-order valence-corrected chi connectivity index (χ0v) is 4.25. The number of rotatable bonds is 1. The molecule has 0 N–H and O–H groups in total. The van der Waals surface area contributed by atoms with Crippen LogP contribution in [0.1, 0.15) is 0 Å². The van der Waals surface area contributed by atoms with Gasteiger partial charge < -0.3 is 0 Å². The van der Waals surface area contributed by atoms with Gasteiger partial charge in [0.2, 0.25) is 0 Å². The first-order chi connectivity index (χ1) is 2.41. The van der Waals surface area contributed by atoms with Crippen LogP contribution in [-0.4, -0.2) is 21.0 Å². The van der Waals surface area contributed by atoms with Gasteiger partial charge in [-0.2, -0.15) is 0 Å². The maximum atomic E-state index is 3.76. The van der Waals surface area contributed by atoms with Crippen molar-refractivity contribution in [2.24, 2.45) is 4.30 Å². The van der Waals surface area contributed by atoms with Crippen molar-refractivity contribution in [1.29, 1.82) is 0 Å². The van der Waals surface area contributed by atoms with E-state index in [2.05, 4.69) is 4.30 Å². The van der Waals surface area contributed by atoms with Crippen molar-refractivity contribution in [3.05, 3.63) is 0 Å². The molecule has 0 saturated heterocycles. The molecule has 0 aliphatic rings. The van der Waals surface area contributed by atoms with E-state index in [1.54, 1.807) is 6.96 Å². The fourth-order valence-electron chi connectivity index (χ4n) is 0.105. The van der Waals surface area contributed by atoms with Crippen molar-refractivity contribution in [1.82, 2.24) is 0 Å². The standard InChI is InChI=1S/CH5B2NS/c1-5-4-3-2/h2H2,1H3. The molecule has 0 radical (unpaired) electrons. The third-order valence-corrected chi connectivity index (χ3v) is 0.632. The van der Waals surface area contributed by atoms with Crippen molar-refractivity contribution in [3.63, 3.8) is 0 Å². The van der Waals surface area contributed by atoms with E-state index < -0.39 is 0 Å². The minimum atomic E-state index is 1.47. The van der Waals surface area contributed by atoms with Crippen LogP contribution in [-0.2, 0) is 0 Å². The van der Waals surface area contributed by atoms with E-state index in [9.17, 15) is 0 Å². The Morgan fingerprint density at radius 1 is 2.00 bits per heavy atom. The first-order valence-corrected chi connectivity index (χ1v) is 2.61. The average Bonchev–Trinajstić information content (AvgIpc) is 1.41. The summed E-state index contributed by atoms with van der Waals surface area (Å²) in [6.07, 6.45) is 1.93. The topological polar surface area (TPSA) is 12.4 Å². The molecule has 0 aliphatic heterocycles. The molecule has 0 saturated carbocycles. The van der Waals surface area contributed by atoms with Crippen LogP contribution in [0, 0.1) is 0 Å². The van der Waals surface area contributed by atoms with E-state index in [0.29, 0.717) is 0 Å². The molecule has 0 heterocycles. The average molecular weight is 84.7 g/mol. The van der Waals surface area contributed by atoms with Gasteiger partial charge in [-0.05, 0) is 0 Å². The van der Waals surface area contributed by atoms with Crippen molar-refractivity contribution < 1.29 is 0 Å². The van der Waals surface area contributed by atoms with E-state index in [1.807, 2.05) is 14.0 Å². The summed E-state index contributed by atoms with van der Waals surface area (Å²) in [5, 5.41) is 0. The van der Waals surface area contributed by atoms with Crippen LogP contribution in [0.15, 0.2) is 4.30 Å². The van der Waals surface area contributed by atoms with Gasteiger partial charge in [-0.3, -0.25) is 0 Å². The predicted octanol–water partition coefficient (Wildman–Crippen LogP) is -0.300. The van der Waals surface area contributed by atoms with Crippen LogP contribution in [0.5, 0.6) is 0 Å². The molecule has 1 nitrogen and oxygen atoms in total. The Morgan fingerprint density at radius 2 is 2.60 bits per heavy atom. The molecule has 0 aromatic carbocycles. The SMILES string of the molecule is BB=NSC. The van der Waals surface area contributed by atoms with Crippen LogP contribution in [0.25, 0.3) is 0 Å². The number of nitrogens with zero attached hydrogens (tertiary/aromatic N) is 1. The fourth-order valence-corrected chi connectivity index (χ4v) is 0.316. The normalized spacial score (nSPS) is 8.20. The Bertz CT molecular complexity index is 36.6. The van der Waals surface area contributed by atoms with E-state index in [4.69, 9.17) is 0 Å².